The third-order valence-corrected chi connectivity index (χ3v) is 5.29. The molecule has 0 bridgehead atoms. The van der Waals surface area contributed by atoms with Gasteiger partial charge in [-0.1, -0.05) is 0 Å². The largest absolute Gasteiger partial charge is 0.497 e. The highest BCUT2D eigenvalue weighted by molar-refractivity contribution is 5.97. The van der Waals surface area contributed by atoms with Gasteiger partial charge in [0.2, 0.25) is 0 Å². The van der Waals surface area contributed by atoms with Crippen LogP contribution in [-0.4, -0.2) is 63.2 Å². The Morgan fingerprint density at radius 1 is 0.893 bits per heavy atom. The summed E-state index contributed by atoms with van der Waals surface area (Å²) in [6, 6.07) is 15.2. The van der Waals surface area contributed by atoms with E-state index in [9.17, 15) is 9.59 Å². The number of nitrogens with zero attached hydrogens (tertiary/aromatic N) is 3. The van der Waals surface area contributed by atoms with Gasteiger partial charge in [0.15, 0.2) is 0 Å². The van der Waals surface area contributed by atoms with Crippen LogP contribution in [0.5, 0.6) is 5.75 Å². The van der Waals surface area contributed by atoms with Gasteiger partial charge in [0, 0.05) is 56.2 Å². The summed E-state index contributed by atoms with van der Waals surface area (Å²) >= 11 is 0. The molecule has 1 N–H and O–H groups in total. The lowest BCUT2D eigenvalue weighted by Gasteiger charge is -2.36. The van der Waals surface area contributed by atoms with Crippen molar-refractivity contribution in [1.29, 1.82) is 0 Å². The van der Waals surface area contributed by atoms with E-state index in [1.807, 2.05) is 41.3 Å². The van der Waals surface area contributed by atoms with Crippen LogP contribution in [0.4, 0.5) is 16.2 Å². The summed E-state index contributed by atoms with van der Waals surface area (Å²) < 4.78 is 5.20. The minimum atomic E-state index is -0.0891. The predicted molar refractivity (Wildman–Crippen MR) is 108 cm³/mol. The summed E-state index contributed by atoms with van der Waals surface area (Å²) in [7, 11) is 1.66. The fraction of sp³-hybridized carbons (Fsp3) is 0.333. The van der Waals surface area contributed by atoms with Gasteiger partial charge >= 0.3 is 6.03 Å². The van der Waals surface area contributed by atoms with Gasteiger partial charge in [-0.3, -0.25) is 9.69 Å². The fourth-order valence-corrected chi connectivity index (χ4v) is 3.65. The number of carbonyl (C=O) groups is 2. The van der Waals surface area contributed by atoms with Crippen molar-refractivity contribution < 1.29 is 14.3 Å². The topological polar surface area (TPSA) is 65.1 Å². The maximum Gasteiger partial charge on any atom is 0.321 e. The summed E-state index contributed by atoms with van der Waals surface area (Å²) in [5, 5.41) is 2.78. The average molecular weight is 380 g/mol. The minimum Gasteiger partial charge on any atom is -0.497 e. The predicted octanol–water partition coefficient (Wildman–Crippen LogP) is 2.19. The Bertz CT molecular complexity index is 843. The van der Waals surface area contributed by atoms with Gasteiger partial charge in [-0.2, -0.15) is 0 Å². The van der Waals surface area contributed by atoms with Crippen LogP contribution in [0.1, 0.15) is 10.4 Å². The van der Waals surface area contributed by atoms with E-state index >= 15 is 0 Å². The zero-order chi connectivity index (χ0) is 19.5. The number of amides is 3. The summed E-state index contributed by atoms with van der Waals surface area (Å²) in [5.74, 6) is 0.874. The molecule has 2 fully saturated rings. The lowest BCUT2D eigenvalue weighted by atomic mass is 10.1. The number of methoxy groups -OCH3 is 1. The van der Waals surface area contributed by atoms with E-state index < -0.39 is 0 Å². The molecule has 0 spiro atoms. The SMILES string of the molecule is COc1ccc(N2CCN(C(=O)c3ccc(N4CCNC4=O)cc3)CC2)cc1. The first-order chi connectivity index (χ1) is 13.7. The molecular weight excluding hydrogens is 356 g/mol. The summed E-state index contributed by atoms with van der Waals surface area (Å²) in [4.78, 5) is 30.4. The second kappa shape index (κ2) is 7.80. The second-order valence-electron chi connectivity index (χ2n) is 6.91. The van der Waals surface area contributed by atoms with Crippen LogP contribution in [0.25, 0.3) is 0 Å². The molecule has 3 amide bonds. The smallest absolute Gasteiger partial charge is 0.321 e. The van der Waals surface area contributed by atoms with Crippen LogP contribution in [0, 0.1) is 0 Å². The molecule has 2 aromatic carbocycles. The fourth-order valence-electron chi connectivity index (χ4n) is 3.65. The monoisotopic (exact) mass is 380 g/mol. The Morgan fingerprint density at radius 2 is 1.54 bits per heavy atom. The first kappa shape index (κ1) is 18.2. The lowest BCUT2D eigenvalue weighted by molar-refractivity contribution is 0.0747. The molecule has 7 heteroatoms. The third-order valence-electron chi connectivity index (χ3n) is 5.29. The van der Waals surface area contributed by atoms with Crippen molar-refractivity contribution >= 4 is 23.3 Å². The van der Waals surface area contributed by atoms with Crippen molar-refractivity contribution in [2.45, 2.75) is 0 Å². The number of hydrogen-bond acceptors (Lipinski definition) is 4. The van der Waals surface area contributed by atoms with Gasteiger partial charge in [-0.05, 0) is 48.5 Å². The van der Waals surface area contributed by atoms with Gasteiger partial charge < -0.3 is 19.9 Å². The molecule has 0 aromatic heterocycles. The molecule has 4 rings (SSSR count). The van der Waals surface area contributed by atoms with Crippen molar-refractivity contribution in [2.24, 2.45) is 0 Å². The van der Waals surface area contributed by atoms with E-state index in [2.05, 4.69) is 10.2 Å². The highest BCUT2D eigenvalue weighted by Gasteiger charge is 2.24. The Morgan fingerprint density at radius 3 is 2.11 bits per heavy atom. The first-order valence-corrected chi connectivity index (χ1v) is 9.49. The maximum absolute atomic E-state index is 12.8. The van der Waals surface area contributed by atoms with Gasteiger partial charge in [0.1, 0.15) is 5.75 Å². The minimum absolute atomic E-state index is 0.0341. The van der Waals surface area contributed by atoms with E-state index in [0.29, 0.717) is 31.7 Å². The number of rotatable bonds is 4. The van der Waals surface area contributed by atoms with Crippen molar-refractivity contribution in [3.63, 3.8) is 0 Å². The van der Waals surface area contributed by atoms with Crippen LogP contribution in [0.3, 0.4) is 0 Å². The Hall–Kier alpha value is -3.22. The number of hydrogen-bond donors (Lipinski definition) is 1. The molecule has 2 aliphatic heterocycles. The number of benzene rings is 2. The highest BCUT2D eigenvalue weighted by Crippen LogP contribution is 2.22. The molecule has 2 saturated heterocycles. The quantitative estimate of drug-likeness (QED) is 0.883. The van der Waals surface area contributed by atoms with Crippen molar-refractivity contribution in [3.8, 4) is 5.75 Å². The van der Waals surface area contributed by atoms with Crippen LogP contribution < -0.4 is 19.9 Å². The first-order valence-electron chi connectivity index (χ1n) is 9.49. The summed E-state index contributed by atoms with van der Waals surface area (Å²) in [5.41, 5.74) is 2.61. The number of ether oxygens (including phenoxy) is 1. The molecule has 7 nitrogen and oxygen atoms in total. The summed E-state index contributed by atoms with van der Waals surface area (Å²) in [6.07, 6.45) is 0. The molecule has 28 heavy (non-hydrogen) atoms. The maximum atomic E-state index is 12.8. The average Bonchev–Trinajstić information content (AvgIpc) is 3.19. The van der Waals surface area contributed by atoms with Crippen LogP contribution in [0.15, 0.2) is 48.5 Å². The molecule has 0 saturated carbocycles. The molecule has 0 radical (unpaired) electrons. The molecule has 0 atom stereocenters. The van der Waals surface area contributed by atoms with Crippen LogP contribution in [0.2, 0.25) is 0 Å². The second-order valence-corrected chi connectivity index (χ2v) is 6.91. The Kier molecular flexibility index (Phi) is 5.06. The zero-order valence-electron chi connectivity index (χ0n) is 15.9. The number of carbonyl (C=O) groups excluding carboxylic acids is 2. The van der Waals surface area contributed by atoms with Crippen molar-refractivity contribution in [1.82, 2.24) is 10.2 Å². The number of urea groups is 1. The van der Waals surface area contributed by atoms with Crippen molar-refractivity contribution in [3.05, 3.63) is 54.1 Å². The van der Waals surface area contributed by atoms with Gasteiger partial charge in [0.25, 0.3) is 5.91 Å². The Balaban J connectivity index is 1.36. The molecule has 2 aliphatic rings. The van der Waals surface area contributed by atoms with Gasteiger partial charge in [-0.25, -0.2) is 4.79 Å². The zero-order valence-corrected chi connectivity index (χ0v) is 15.9. The molecule has 2 heterocycles. The van der Waals surface area contributed by atoms with Gasteiger partial charge in [-0.15, -0.1) is 0 Å². The van der Waals surface area contributed by atoms with Crippen LogP contribution in [-0.2, 0) is 0 Å². The van der Waals surface area contributed by atoms with E-state index in [1.54, 1.807) is 24.1 Å². The van der Waals surface area contributed by atoms with E-state index in [0.717, 1.165) is 30.2 Å². The number of piperazine rings is 1. The standard InChI is InChI=1S/C21H24N4O3/c1-28-19-8-6-17(7-9-19)23-12-14-24(15-13-23)20(26)16-2-4-18(5-3-16)25-11-10-22-21(25)27/h2-9H,10-15H2,1H3,(H,22,27). The lowest BCUT2D eigenvalue weighted by Crippen LogP contribution is -2.48. The number of nitrogens with one attached hydrogen (secondary N) is 1. The summed E-state index contributed by atoms with van der Waals surface area (Å²) in [6.45, 7) is 4.26. The molecular formula is C21H24N4O3. The third kappa shape index (κ3) is 3.60. The molecule has 146 valence electrons. The molecule has 2 aromatic rings. The van der Waals surface area contributed by atoms with Crippen LogP contribution >= 0.6 is 0 Å². The molecule has 0 aliphatic carbocycles. The van der Waals surface area contributed by atoms with Gasteiger partial charge in [0.05, 0.1) is 7.11 Å². The molecule has 0 unspecified atom stereocenters. The normalized spacial score (nSPS) is 16.9. The number of anilines is 2. The van der Waals surface area contributed by atoms with E-state index in [1.165, 1.54) is 0 Å². The highest BCUT2D eigenvalue weighted by atomic mass is 16.5. The van der Waals surface area contributed by atoms with E-state index in [-0.39, 0.29) is 11.9 Å². The Labute approximate surface area is 164 Å². The van der Waals surface area contributed by atoms with Crippen molar-refractivity contribution in [2.75, 3.05) is 56.2 Å². The van der Waals surface area contributed by atoms with E-state index in [4.69, 9.17) is 4.74 Å².